The fourth-order valence-electron chi connectivity index (χ4n) is 2.24. The number of para-hydroxylation sites is 1. The third-order valence-corrected chi connectivity index (χ3v) is 5.13. The Bertz CT molecular complexity index is 916. The molecule has 2 N–H and O–H groups in total. The first-order valence-electron chi connectivity index (χ1n) is 7.97. The fraction of sp³-hybridized carbons (Fsp3) is 0.167. The topological polar surface area (TPSA) is 70.7 Å². The summed E-state index contributed by atoms with van der Waals surface area (Å²) in [5, 5.41) is 10.0. The molecule has 0 radical (unpaired) electrons. The zero-order chi connectivity index (χ0) is 19.2. The maximum Gasteiger partial charge on any atom is 0.288 e. The molecule has 5 nitrogen and oxygen atoms in total. The minimum atomic E-state index is -2.55. The van der Waals surface area contributed by atoms with Gasteiger partial charge in [0.05, 0.1) is 11.4 Å². The minimum Gasteiger partial charge on any atom is -0.324 e. The lowest BCUT2D eigenvalue weighted by molar-refractivity contribution is -0.113. The van der Waals surface area contributed by atoms with E-state index < -0.39 is 5.76 Å². The van der Waals surface area contributed by atoms with Gasteiger partial charge in [0.15, 0.2) is 5.82 Å². The number of hydrogen-bond acceptors (Lipinski definition) is 5. The highest BCUT2D eigenvalue weighted by atomic mass is 32.2. The van der Waals surface area contributed by atoms with Crippen LogP contribution in [0.2, 0.25) is 0 Å². The number of hydrogen-bond donors (Lipinski definition) is 2. The van der Waals surface area contributed by atoms with Crippen molar-refractivity contribution in [1.29, 1.82) is 0 Å². The van der Waals surface area contributed by atoms with Crippen LogP contribution in [0.1, 0.15) is 5.56 Å². The summed E-state index contributed by atoms with van der Waals surface area (Å²) in [7, 11) is 0. The molecule has 0 saturated heterocycles. The molecule has 9 heteroatoms. The van der Waals surface area contributed by atoms with E-state index in [0.717, 1.165) is 11.1 Å². The van der Waals surface area contributed by atoms with Crippen molar-refractivity contribution in [1.82, 2.24) is 15.2 Å². The van der Waals surface area contributed by atoms with E-state index in [1.807, 2.05) is 31.2 Å². The molecule has 27 heavy (non-hydrogen) atoms. The smallest absolute Gasteiger partial charge is 0.288 e. The van der Waals surface area contributed by atoms with Gasteiger partial charge in [-0.1, -0.05) is 65.5 Å². The molecule has 140 valence electrons. The molecule has 0 unspecified atom stereocenters. The highest BCUT2D eigenvalue weighted by Crippen LogP contribution is 2.31. The van der Waals surface area contributed by atoms with Crippen molar-refractivity contribution in [3.05, 3.63) is 54.1 Å². The van der Waals surface area contributed by atoms with Crippen LogP contribution in [0.4, 0.5) is 14.5 Å². The van der Waals surface area contributed by atoms with Gasteiger partial charge in [0.1, 0.15) is 0 Å². The molecular formula is C18H16F2N4OS2. The average Bonchev–Trinajstić information content (AvgIpc) is 3.11. The number of alkyl halides is 2. The molecule has 0 aliphatic heterocycles. The Morgan fingerprint density at radius 1 is 1.19 bits per heavy atom. The van der Waals surface area contributed by atoms with E-state index in [-0.39, 0.29) is 11.7 Å². The molecule has 1 heterocycles. The first-order chi connectivity index (χ1) is 13.0. The quantitative estimate of drug-likeness (QED) is 0.550. The van der Waals surface area contributed by atoms with Gasteiger partial charge >= 0.3 is 0 Å². The van der Waals surface area contributed by atoms with Gasteiger partial charge < -0.3 is 5.32 Å². The molecule has 1 aromatic heterocycles. The number of amides is 1. The third kappa shape index (κ3) is 5.54. The number of H-pyrrole nitrogens is 1. The van der Waals surface area contributed by atoms with E-state index in [1.54, 1.807) is 24.3 Å². The number of anilines is 1. The fourth-order valence-corrected chi connectivity index (χ4v) is 3.43. The predicted octanol–water partition coefficient (Wildman–Crippen LogP) is 4.83. The van der Waals surface area contributed by atoms with Crippen LogP contribution in [-0.2, 0) is 4.79 Å². The van der Waals surface area contributed by atoms with Gasteiger partial charge in [0.2, 0.25) is 11.1 Å². The van der Waals surface area contributed by atoms with Crippen molar-refractivity contribution in [2.24, 2.45) is 0 Å². The van der Waals surface area contributed by atoms with Crippen molar-refractivity contribution in [3.8, 4) is 11.4 Å². The summed E-state index contributed by atoms with van der Waals surface area (Å²) in [6.45, 7) is 2.00. The van der Waals surface area contributed by atoms with E-state index in [4.69, 9.17) is 0 Å². The summed E-state index contributed by atoms with van der Waals surface area (Å²) >= 11 is 1.56. The standard InChI is InChI=1S/C18H16F2N4OS2/c1-11-6-8-12(9-7-11)16-22-18(24-23-16)26-10-15(25)21-13-4-2-3-5-14(13)27-17(19)20/h2-9,17H,10H2,1H3,(H,21,25)(H,22,23,24). The predicted molar refractivity (Wildman–Crippen MR) is 104 cm³/mol. The summed E-state index contributed by atoms with van der Waals surface area (Å²) < 4.78 is 25.2. The highest BCUT2D eigenvalue weighted by Gasteiger charge is 2.13. The number of benzene rings is 2. The summed E-state index contributed by atoms with van der Waals surface area (Å²) in [6, 6.07) is 14.3. The molecule has 3 rings (SSSR count). The normalized spacial score (nSPS) is 11.0. The second kappa shape index (κ2) is 9.01. The molecule has 0 atom stereocenters. The van der Waals surface area contributed by atoms with Crippen molar-refractivity contribution >= 4 is 35.1 Å². The lowest BCUT2D eigenvalue weighted by Crippen LogP contribution is -2.14. The van der Waals surface area contributed by atoms with Crippen LogP contribution in [0, 0.1) is 6.92 Å². The molecule has 3 aromatic rings. The molecule has 1 amide bonds. The average molecular weight is 406 g/mol. The van der Waals surface area contributed by atoms with E-state index in [9.17, 15) is 13.6 Å². The van der Waals surface area contributed by atoms with Crippen LogP contribution in [0.25, 0.3) is 11.4 Å². The monoisotopic (exact) mass is 406 g/mol. The first-order valence-corrected chi connectivity index (χ1v) is 9.84. The van der Waals surface area contributed by atoms with Crippen molar-refractivity contribution < 1.29 is 13.6 Å². The van der Waals surface area contributed by atoms with Crippen LogP contribution in [0.5, 0.6) is 0 Å². The number of aryl methyl sites for hydroxylation is 1. The van der Waals surface area contributed by atoms with E-state index in [0.29, 0.717) is 33.3 Å². The number of carbonyl (C=O) groups excluding carboxylic acids is 1. The molecule has 0 saturated carbocycles. The Balaban J connectivity index is 1.58. The summed E-state index contributed by atoms with van der Waals surface area (Å²) in [4.78, 5) is 16.8. The van der Waals surface area contributed by atoms with Gasteiger partial charge in [-0.15, -0.1) is 5.10 Å². The van der Waals surface area contributed by atoms with Crippen LogP contribution >= 0.6 is 23.5 Å². The molecule has 0 aliphatic rings. The van der Waals surface area contributed by atoms with Crippen LogP contribution in [0.15, 0.2) is 58.6 Å². The maximum absolute atomic E-state index is 12.6. The number of nitrogens with one attached hydrogen (secondary N) is 2. The summed E-state index contributed by atoms with van der Waals surface area (Å²) in [5.74, 6) is -2.18. The van der Waals surface area contributed by atoms with Gasteiger partial charge in [-0.05, 0) is 19.1 Å². The van der Waals surface area contributed by atoms with Crippen molar-refractivity contribution in [3.63, 3.8) is 0 Å². The molecule has 0 bridgehead atoms. The lowest BCUT2D eigenvalue weighted by Gasteiger charge is -2.09. The van der Waals surface area contributed by atoms with Crippen molar-refractivity contribution in [2.45, 2.75) is 22.7 Å². The Morgan fingerprint density at radius 3 is 2.67 bits per heavy atom. The van der Waals surface area contributed by atoms with Gasteiger partial charge in [-0.2, -0.15) is 8.78 Å². The lowest BCUT2D eigenvalue weighted by atomic mass is 10.1. The first kappa shape index (κ1) is 19.4. The Kier molecular flexibility index (Phi) is 6.46. The third-order valence-electron chi connectivity index (χ3n) is 3.50. The number of halogens is 2. The highest BCUT2D eigenvalue weighted by molar-refractivity contribution is 8.00. The Labute approximate surface area is 163 Å². The molecule has 0 spiro atoms. The molecule has 2 aromatic carbocycles. The molecular weight excluding hydrogens is 390 g/mol. The van der Waals surface area contributed by atoms with E-state index in [2.05, 4.69) is 20.5 Å². The van der Waals surface area contributed by atoms with Gasteiger partial charge in [-0.25, -0.2) is 4.98 Å². The van der Waals surface area contributed by atoms with Crippen molar-refractivity contribution in [2.75, 3.05) is 11.1 Å². The van der Waals surface area contributed by atoms with Crippen LogP contribution in [0.3, 0.4) is 0 Å². The number of carbonyl (C=O) groups is 1. The zero-order valence-electron chi connectivity index (χ0n) is 14.3. The largest absolute Gasteiger partial charge is 0.324 e. The van der Waals surface area contributed by atoms with E-state index in [1.165, 1.54) is 11.8 Å². The number of nitrogens with zero attached hydrogens (tertiary/aromatic N) is 2. The number of thioether (sulfide) groups is 2. The maximum atomic E-state index is 12.6. The minimum absolute atomic E-state index is 0.0683. The number of rotatable bonds is 7. The summed E-state index contributed by atoms with van der Waals surface area (Å²) in [5.41, 5.74) is 2.42. The van der Waals surface area contributed by atoms with Gasteiger partial charge in [0.25, 0.3) is 5.76 Å². The second-order valence-electron chi connectivity index (χ2n) is 5.54. The second-order valence-corrected chi connectivity index (χ2v) is 7.52. The zero-order valence-corrected chi connectivity index (χ0v) is 15.9. The number of aromatic amines is 1. The van der Waals surface area contributed by atoms with E-state index >= 15 is 0 Å². The number of aromatic nitrogens is 3. The summed E-state index contributed by atoms with van der Waals surface area (Å²) in [6.07, 6.45) is 0. The molecule has 0 fully saturated rings. The SMILES string of the molecule is Cc1ccc(-c2nc(SCC(=O)Nc3ccccc3SC(F)F)n[nH]2)cc1. The Morgan fingerprint density at radius 2 is 1.93 bits per heavy atom. The Hall–Kier alpha value is -2.39. The van der Waals surface area contributed by atoms with Crippen LogP contribution in [-0.4, -0.2) is 32.6 Å². The van der Waals surface area contributed by atoms with Gasteiger partial charge in [0, 0.05) is 10.5 Å². The van der Waals surface area contributed by atoms with Gasteiger partial charge in [-0.3, -0.25) is 9.89 Å². The molecule has 0 aliphatic carbocycles. The van der Waals surface area contributed by atoms with Crippen LogP contribution < -0.4 is 5.32 Å².